The number of rotatable bonds is 49. The molecule has 0 aromatic carbocycles. The van der Waals surface area contributed by atoms with Crippen molar-refractivity contribution in [3.63, 3.8) is 0 Å². The van der Waals surface area contributed by atoms with Crippen molar-refractivity contribution in [2.24, 2.45) is 0 Å². The molecule has 6 heteroatoms. The first kappa shape index (κ1) is 62.6. The summed E-state index contributed by atoms with van der Waals surface area (Å²) in [4.78, 5) is 38.0. The molecule has 0 aliphatic rings. The Labute approximate surface area is 407 Å². The number of ether oxygens (including phenoxy) is 3. The average Bonchev–Trinajstić information content (AvgIpc) is 3.31. The lowest BCUT2D eigenvalue weighted by Gasteiger charge is -2.18. The second-order valence-corrected chi connectivity index (χ2v) is 18.1. The molecule has 0 aromatic heterocycles. The maximum Gasteiger partial charge on any atom is 0.306 e. The molecule has 0 saturated heterocycles. The summed E-state index contributed by atoms with van der Waals surface area (Å²) in [6.45, 7) is 6.46. The maximum atomic E-state index is 12.8. The van der Waals surface area contributed by atoms with Crippen molar-refractivity contribution in [3.05, 3.63) is 85.1 Å². The van der Waals surface area contributed by atoms with Crippen LogP contribution in [0.5, 0.6) is 0 Å². The lowest BCUT2D eigenvalue weighted by molar-refractivity contribution is -0.167. The van der Waals surface area contributed by atoms with Gasteiger partial charge < -0.3 is 14.2 Å². The number of allylic oxidation sites excluding steroid dienone is 14. The molecule has 66 heavy (non-hydrogen) atoms. The topological polar surface area (TPSA) is 78.9 Å². The first-order chi connectivity index (χ1) is 32.5. The quantitative estimate of drug-likeness (QED) is 0.0262. The molecule has 0 aliphatic heterocycles. The Hall–Kier alpha value is -3.41. The zero-order chi connectivity index (χ0) is 47.9. The van der Waals surface area contributed by atoms with Gasteiger partial charge in [-0.1, -0.05) is 228 Å². The van der Waals surface area contributed by atoms with Crippen LogP contribution >= 0.6 is 0 Å². The molecule has 1 atom stereocenters. The Morgan fingerprint density at radius 1 is 0.318 bits per heavy atom. The van der Waals surface area contributed by atoms with Crippen LogP contribution in [0.25, 0.3) is 0 Å². The van der Waals surface area contributed by atoms with Crippen molar-refractivity contribution >= 4 is 17.9 Å². The van der Waals surface area contributed by atoms with Gasteiger partial charge in [-0.05, 0) is 96.3 Å². The standard InChI is InChI=1S/C60H102O6/c1-4-7-10-13-16-19-22-24-26-27-28-29-30-31-32-33-35-36-38-41-44-47-50-53-59(62)65-56-57(55-64-58(61)52-49-46-43-40-21-18-15-12-9-6-3)66-60(63)54-51-48-45-42-39-37-34-25-23-20-17-14-11-8-5-2/h8,11,17,20,22,24-25,27-28,30-31,34,39,42,57H,4-7,9-10,12-16,18-19,21,23,26,29,32-33,35-38,40-41,43-56H2,1-3H3/b11-8-,20-17-,24-22-,28-27-,31-30-,34-25-,42-39-. The molecule has 0 fully saturated rings. The molecular weight excluding hydrogens is 817 g/mol. The highest BCUT2D eigenvalue weighted by atomic mass is 16.6. The highest BCUT2D eigenvalue weighted by molar-refractivity contribution is 5.71. The third kappa shape index (κ3) is 51.6. The SMILES string of the molecule is CC/C=C\C/C=C\C/C=C\C/C=C\CCCCC(=O)OC(COC(=O)CCCCCCCCCC/C=C\C/C=C\C/C=C\CCCCCCC)COC(=O)CCCCCCCCCCCC. The highest BCUT2D eigenvalue weighted by Crippen LogP contribution is 2.14. The molecule has 0 radical (unpaired) electrons. The molecule has 0 aromatic rings. The Morgan fingerprint density at radius 2 is 0.591 bits per heavy atom. The van der Waals surface area contributed by atoms with Gasteiger partial charge in [-0.3, -0.25) is 14.4 Å². The van der Waals surface area contributed by atoms with Gasteiger partial charge in [-0.2, -0.15) is 0 Å². The van der Waals surface area contributed by atoms with Crippen LogP contribution in [-0.2, 0) is 28.6 Å². The summed E-state index contributed by atoms with van der Waals surface area (Å²) in [5, 5.41) is 0. The van der Waals surface area contributed by atoms with Gasteiger partial charge in [-0.25, -0.2) is 0 Å². The monoisotopic (exact) mass is 919 g/mol. The Bertz CT molecular complexity index is 1290. The predicted octanol–water partition coefficient (Wildman–Crippen LogP) is 18.4. The number of hydrogen-bond acceptors (Lipinski definition) is 6. The van der Waals surface area contributed by atoms with Crippen molar-refractivity contribution in [1.29, 1.82) is 0 Å². The fourth-order valence-electron chi connectivity index (χ4n) is 7.50. The molecule has 0 spiro atoms. The van der Waals surface area contributed by atoms with Crippen molar-refractivity contribution in [3.8, 4) is 0 Å². The third-order valence-electron chi connectivity index (χ3n) is 11.6. The molecular formula is C60H102O6. The summed E-state index contributed by atoms with van der Waals surface area (Å²) in [5.74, 6) is -0.944. The second-order valence-electron chi connectivity index (χ2n) is 18.1. The van der Waals surface area contributed by atoms with E-state index in [2.05, 4.69) is 106 Å². The van der Waals surface area contributed by atoms with Crippen LogP contribution in [0.2, 0.25) is 0 Å². The average molecular weight is 919 g/mol. The van der Waals surface area contributed by atoms with Gasteiger partial charge in [0, 0.05) is 19.3 Å². The number of hydrogen-bond donors (Lipinski definition) is 0. The Morgan fingerprint density at radius 3 is 0.955 bits per heavy atom. The van der Waals surface area contributed by atoms with E-state index in [9.17, 15) is 14.4 Å². The van der Waals surface area contributed by atoms with E-state index >= 15 is 0 Å². The van der Waals surface area contributed by atoms with E-state index in [1.54, 1.807) is 0 Å². The summed E-state index contributed by atoms with van der Waals surface area (Å²) >= 11 is 0. The minimum atomic E-state index is -0.799. The summed E-state index contributed by atoms with van der Waals surface area (Å²) in [6.07, 6.45) is 70.1. The van der Waals surface area contributed by atoms with E-state index in [0.29, 0.717) is 19.3 Å². The minimum Gasteiger partial charge on any atom is -0.462 e. The highest BCUT2D eigenvalue weighted by Gasteiger charge is 2.19. The van der Waals surface area contributed by atoms with E-state index < -0.39 is 6.10 Å². The van der Waals surface area contributed by atoms with Gasteiger partial charge in [0.15, 0.2) is 6.10 Å². The summed E-state index contributed by atoms with van der Waals surface area (Å²) in [6, 6.07) is 0. The van der Waals surface area contributed by atoms with Crippen molar-refractivity contribution < 1.29 is 28.6 Å². The summed E-state index contributed by atoms with van der Waals surface area (Å²) in [5.41, 5.74) is 0. The van der Waals surface area contributed by atoms with Crippen molar-refractivity contribution in [2.45, 2.75) is 264 Å². The van der Waals surface area contributed by atoms with Crippen LogP contribution in [0.1, 0.15) is 258 Å². The first-order valence-corrected chi connectivity index (χ1v) is 27.6. The van der Waals surface area contributed by atoms with E-state index in [0.717, 1.165) is 96.3 Å². The zero-order valence-corrected chi connectivity index (χ0v) is 43.2. The predicted molar refractivity (Wildman–Crippen MR) is 284 cm³/mol. The molecule has 1 unspecified atom stereocenters. The van der Waals surface area contributed by atoms with Crippen LogP contribution < -0.4 is 0 Å². The Kier molecular flexibility index (Phi) is 51.4. The van der Waals surface area contributed by atoms with Gasteiger partial charge >= 0.3 is 17.9 Å². The lowest BCUT2D eigenvalue weighted by atomic mass is 10.1. The zero-order valence-electron chi connectivity index (χ0n) is 43.2. The van der Waals surface area contributed by atoms with Crippen LogP contribution in [-0.4, -0.2) is 37.2 Å². The number of carbonyl (C=O) groups is 3. The largest absolute Gasteiger partial charge is 0.462 e. The summed E-state index contributed by atoms with van der Waals surface area (Å²) < 4.78 is 16.8. The molecule has 0 heterocycles. The molecule has 6 nitrogen and oxygen atoms in total. The third-order valence-corrected chi connectivity index (χ3v) is 11.6. The number of carbonyl (C=O) groups excluding carboxylic acids is 3. The van der Waals surface area contributed by atoms with Gasteiger partial charge in [0.25, 0.3) is 0 Å². The number of unbranched alkanes of at least 4 members (excludes halogenated alkanes) is 24. The molecule has 0 N–H and O–H groups in total. The van der Waals surface area contributed by atoms with Crippen LogP contribution in [0.4, 0.5) is 0 Å². The van der Waals surface area contributed by atoms with E-state index in [4.69, 9.17) is 14.2 Å². The van der Waals surface area contributed by atoms with Crippen molar-refractivity contribution in [1.82, 2.24) is 0 Å². The van der Waals surface area contributed by atoms with E-state index in [1.807, 2.05) is 0 Å². The number of esters is 3. The molecule has 378 valence electrons. The van der Waals surface area contributed by atoms with Crippen LogP contribution in [0.15, 0.2) is 85.1 Å². The van der Waals surface area contributed by atoms with E-state index in [1.165, 1.54) is 116 Å². The lowest BCUT2D eigenvalue weighted by Crippen LogP contribution is -2.30. The Balaban J connectivity index is 4.35. The molecule has 0 rings (SSSR count). The molecule has 0 bridgehead atoms. The maximum absolute atomic E-state index is 12.8. The first-order valence-electron chi connectivity index (χ1n) is 27.6. The molecule has 0 saturated carbocycles. The van der Waals surface area contributed by atoms with Crippen LogP contribution in [0.3, 0.4) is 0 Å². The van der Waals surface area contributed by atoms with Gasteiger partial charge in [0.1, 0.15) is 13.2 Å². The van der Waals surface area contributed by atoms with E-state index in [-0.39, 0.29) is 37.5 Å². The molecule has 0 amide bonds. The fraction of sp³-hybridized carbons (Fsp3) is 0.717. The minimum absolute atomic E-state index is 0.0946. The summed E-state index contributed by atoms with van der Waals surface area (Å²) in [7, 11) is 0. The second kappa shape index (κ2) is 54.2. The van der Waals surface area contributed by atoms with Crippen LogP contribution in [0, 0.1) is 0 Å². The van der Waals surface area contributed by atoms with Crippen molar-refractivity contribution in [2.75, 3.05) is 13.2 Å². The smallest absolute Gasteiger partial charge is 0.306 e. The van der Waals surface area contributed by atoms with Gasteiger partial charge in [-0.15, -0.1) is 0 Å². The van der Waals surface area contributed by atoms with Gasteiger partial charge in [0.2, 0.25) is 0 Å². The molecule has 0 aliphatic carbocycles. The normalized spacial score (nSPS) is 12.7. The van der Waals surface area contributed by atoms with Gasteiger partial charge in [0.05, 0.1) is 0 Å². The fourth-order valence-corrected chi connectivity index (χ4v) is 7.50.